The molecule has 0 aliphatic carbocycles. The first kappa shape index (κ1) is 26.4. The molecular formula is C24H32FN5O2S. The highest BCUT2D eigenvalue weighted by Crippen LogP contribution is 2.22. The number of halogens is 1. The number of amidine groups is 1. The van der Waals surface area contributed by atoms with E-state index in [1.54, 1.807) is 0 Å². The molecule has 0 fully saturated rings. The van der Waals surface area contributed by atoms with Crippen molar-refractivity contribution in [1.82, 2.24) is 0 Å². The second-order valence-corrected chi connectivity index (χ2v) is 9.16. The molecule has 0 spiro atoms. The van der Waals surface area contributed by atoms with Gasteiger partial charge in [0.05, 0.1) is 10.6 Å². The molecule has 0 unspecified atom stereocenters. The molecule has 0 bridgehead atoms. The Hall–Kier alpha value is -2.88. The van der Waals surface area contributed by atoms with Gasteiger partial charge in [-0.25, -0.2) is 23.8 Å². The largest absolute Gasteiger partial charge is 0.271 e. The van der Waals surface area contributed by atoms with E-state index in [1.165, 1.54) is 12.1 Å². The standard InChI is InChI=1S/C24H32FN5O2S/c1-4-13-28-20(5-2)10-7-14-29-24(16-19-9-6-8-18(3)15-19)30(26)23-12-11-21(17-22(23)25)33(27,31)32/h5-6,8-9,11-13,15,17H,4,7,10,14,16,26H2,1-3H3,(H2,27,31,32)/b20-5-,28-13?,29-24?. The third-order valence-electron chi connectivity index (χ3n) is 4.89. The second kappa shape index (κ2) is 12.4. The molecule has 0 aliphatic heterocycles. The van der Waals surface area contributed by atoms with Crippen LogP contribution in [0.3, 0.4) is 0 Å². The van der Waals surface area contributed by atoms with E-state index in [9.17, 15) is 12.8 Å². The highest BCUT2D eigenvalue weighted by atomic mass is 32.2. The topological polar surface area (TPSA) is 114 Å². The lowest BCUT2D eigenvalue weighted by Crippen LogP contribution is -2.39. The van der Waals surface area contributed by atoms with E-state index in [1.807, 2.05) is 57.3 Å². The van der Waals surface area contributed by atoms with Gasteiger partial charge in [0.2, 0.25) is 10.0 Å². The Morgan fingerprint density at radius 2 is 1.97 bits per heavy atom. The molecule has 0 atom stereocenters. The Balaban J connectivity index is 2.28. The fourth-order valence-electron chi connectivity index (χ4n) is 3.18. The number of hydrogen-bond acceptors (Lipinski definition) is 5. The zero-order valence-corrected chi connectivity index (χ0v) is 20.1. The van der Waals surface area contributed by atoms with Gasteiger partial charge in [-0.3, -0.25) is 15.0 Å². The molecular weight excluding hydrogens is 441 g/mol. The number of anilines is 1. The van der Waals surface area contributed by atoms with E-state index >= 15 is 0 Å². The number of sulfonamides is 1. The molecule has 0 aliphatic rings. The molecule has 9 heteroatoms. The lowest BCUT2D eigenvalue weighted by atomic mass is 10.1. The van der Waals surface area contributed by atoms with E-state index in [-0.39, 0.29) is 10.6 Å². The Morgan fingerprint density at radius 3 is 2.58 bits per heavy atom. The monoisotopic (exact) mass is 473 g/mol. The molecule has 0 radical (unpaired) electrons. The summed E-state index contributed by atoms with van der Waals surface area (Å²) in [6.07, 6.45) is 6.61. The molecule has 0 amide bonds. The van der Waals surface area contributed by atoms with Gasteiger partial charge in [0.15, 0.2) is 0 Å². The highest BCUT2D eigenvalue weighted by molar-refractivity contribution is 7.89. The smallest absolute Gasteiger partial charge is 0.238 e. The van der Waals surface area contributed by atoms with Gasteiger partial charge in [0.25, 0.3) is 0 Å². The number of hydrogen-bond donors (Lipinski definition) is 2. The number of nitrogens with two attached hydrogens (primary N) is 2. The minimum atomic E-state index is -4.02. The van der Waals surface area contributed by atoms with Crippen LogP contribution in [0.15, 0.2) is 69.1 Å². The van der Waals surface area contributed by atoms with Crippen LogP contribution in [0.25, 0.3) is 0 Å². The van der Waals surface area contributed by atoms with Crippen molar-refractivity contribution in [3.63, 3.8) is 0 Å². The normalized spacial score (nSPS) is 13.0. The summed E-state index contributed by atoms with van der Waals surface area (Å²) >= 11 is 0. The maximum atomic E-state index is 14.7. The number of hydrazine groups is 1. The first-order chi connectivity index (χ1) is 15.7. The summed E-state index contributed by atoms with van der Waals surface area (Å²) < 4.78 is 37.8. The van der Waals surface area contributed by atoms with Gasteiger partial charge < -0.3 is 0 Å². The van der Waals surface area contributed by atoms with Crippen molar-refractivity contribution in [2.24, 2.45) is 21.0 Å². The van der Waals surface area contributed by atoms with Gasteiger partial charge in [-0.15, -0.1) is 0 Å². The predicted molar refractivity (Wildman–Crippen MR) is 133 cm³/mol. The molecule has 0 saturated carbocycles. The van der Waals surface area contributed by atoms with Gasteiger partial charge >= 0.3 is 0 Å². The van der Waals surface area contributed by atoms with Crippen LogP contribution in [0.1, 0.15) is 44.2 Å². The summed E-state index contributed by atoms with van der Waals surface area (Å²) in [7, 11) is -4.02. The Morgan fingerprint density at radius 1 is 1.21 bits per heavy atom. The van der Waals surface area contributed by atoms with Crippen LogP contribution in [-0.4, -0.2) is 27.0 Å². The zero-order chi connectivity index (χ0) is 24.4. The van der Waals surface area contributed by atoms with Crippen LogP contribution in [0.2, 0.25) is 0 Å². The van der Waals surface area contributed by atoms with E-state index in [2.05, 4.69) is 9.98 Å². The summed E-state index contributed by atoms with van der Waals surface area (Å²) in [6.45, 7) is 6.44. The van der Waals surface area contributed by atoms with Crippen LogP contribution in [0.4, 0.5) is 10.1 Å². The van der Waals surface area contributed by atoms with Gasteiger partial charge in [0.1, 0.15) is 11.7 Å². The Bertz CT molecular complexity index is 1140. The summed E-state index contributed by atoms with van der Waals surface area (Å²) in [5, 5.41) is 6.26. The highest BCUT2D eigenvalue weighted by Gasteiger charge is 2.18. The fraction of sp³-hybridized carbons (Fsp3) is 0.333. The molecule has 7 nitrogen and oxygen atoms in total. The second-order valence-electron chi connectivity index (χ2n) is 7.60. The Kier molecular flexibility index (Phi) is 9.90. The van der Waals surface area contributed by atoms with E-state index in [4.69, 9.17) is 11.0 Å². The first-order valence-corrected chi connectivity index (χ1v) is 12.3. The number of rotatable bonds is 10. The maximum Gasteiger partial charge on any atom is 0.238 e. The van der Waals surface area contributed by atoms with Crippen molar-refractivity contribution in [1.29, 1.82) is 0 Å². The average Bonchev–Trinajstić information content (AvgIpc) is 2.76. The lowest BCUT2D eigenvalue weighted by molar-refractivity contribution is 0.592. The third kappa shape index (κ3) is 8.20. The van der Waals surface area contributed by atoms with E-state index in [0.29, 0.717) is 18.8 Å². The number of allylic oxidation sites excluding steroid dienone is 2. The van der Waals surface area contributed by atoms with E-state index < -0.39 is 15.8 Å². The van der Waals surface area contributed by atoms with Crippen molar-refractivity contribution >= 4 is 27.8 Å². The van der Waals surface area contributed by atoms with Crippen molar-refractivity contribution < 1.29 is 12.8 Å². The molecule has 0 aromatic heterocycles. The minimum Gasteiger partial charge on any atom is -0.271 e. The number of aliphatic imine (C=N–C) groups is 2. The van der Waals surface area contributed by atoms with Crippen molar-refractivity contribution in [2.75, 3.05) is 11.6 Å². The average molecular weight is 474 g/mol. The lowest BCUT2D eigenvalue weighted by Gasteiger charge is -2.22. The summed E-state index contributed by atoms with van der Waals surface area (Å²) in [5.74, 6) is 5.93. The van der Waals surface area contributed by atoms with Gasteiger partial charge in [0, 0.05) is 24.9 Å². The van der Waals surface area contributed by atoms with Crippen molar-refractivity contribution in [3.05, 3.63) is 71.2 Å². The first-order valence-electron chi connectivity index (χ1n) is 10.8. The van der Waals surface area contributed by atoms with Crippen LogP contribution < -0.4 is 16.0 Å². The molecule has 2 rings (SSSR count). The molecule has 2 aromatic carbocycles. The van der Waals surface area contributed by atoms with Crippen molar-refractivity contribution in [2.45, 2.75) is 51.3 Å². The molecule has 2 aromatic rings. The summed E-state index contributed by atoms with van der Waals surface area (Å²) in [6, 6.07) is 11.3. The maximum absolute atomic E-state index is 14.7. The number of aryl methyl sites for hydroxylation is 1. The molecule has 0 saturated heterocycles. The summed E-state index contributed by atoms with van der Waals surface area (Å²) in [4.78, 5) is 8.75. The molecule has 178 valence electrons. The fourth-order valence-corrected chi connectivity index (χ4v) is 3.71. The van der Waals surface area contributed by atoms with Gasteiger partial charge in [-0.1, -0.05) is 42.8 Å². The SMILES string of the molecule is C/C=C(/CCCN=C(Cc1cccc(C)c1)N(N)c1ccc(S(N)(=O)=O)cc1F)N=CCC. The molecule has 0 heterocycles. The van der Waals surface area contributed by atoms with E-state index in [0.717, 1.165) is 47.2 Å². The summed E-state index contributed by atoms with van der Waals surface area (Å²) in [5.41, 5.74) is 3.06. The van der Waals surface area contributed by atoms with Crippen LogP contribution in [-0.2, 0) is 16.4 Å². The zero-order valence-electron chi connectivity index (χ0n) is 19.3. The van der Waals surface area contributed by atoms with Crippen molar-refractivity contribution in [3.8, 4) is 0 Å². The number of primary sulfonamides is 1. The molecule has 33 heavy (non-hydrogen) atoms. The number of nitrogens with zero attached hydrogens (tertiary/aromatic N) is 3. The molecule has 4 N–H and O–H groups in total. The van der Waals surface area contributed by atoms with Crippen LogP contribution in [0, 0.1) is 12.7 Å². The van der Waals surface area contributed by atoms with Gasteiger partial charge in [-0.2, -0.15) is 0 Å². The quantitative estimate of drug-likeness (QED) is 0.176. The van der Waals surface area contributed by atoms with Crippen LogP contribution >= 0.6 is 0 Å². The Labute approximate surface area is 195 Å². The predicted octanol–water partition coefficient (Wildman–Crippen LogP) is 4.27. The minimum absolute atomic E-state index is 0.00971. The third-order valence-corrected chi connectivity index (χ3v) is 5.80. The number of benzene rings is 2. The van der Waals surface area contributed by atoms with Crippen LogP contribution in [0.5, 0.6) is 0 Å². The van der Waals surface area contributed by atoms with Gasteiger partial charge in [-0.05, 0) is 56.9 Å².